The van der Waals surface area contributed by atoms with Gasteiger partial charge in [0.1, 0.15) is 11.8 Å². The van der Waals surface area contributed by atoms with Crippen molar-refractivity contribution >= 4 is 29.1 Å². The van der Waals surface area contributed by atoms with E-state index >= 15 is 0 Å². The fourth-order valence-electron chi connectivity index (χ4n) is 8.63. The van der Waals surface area contributed by atoms with Crippen LogP contribution in [0.1, 0.15) is 105 Å². The van der Waals surface area contributed by atoms with Gasteiger partial charge in [-0.2, -0.15) is 0 Å². The van der Waals surface area contributed by atoms with E-state index in [0.29, 0.717) is 30.7 Å². The van der Waals surface area contributed by atoms with Crippen molar-refractivity contribution < 1.29 is 19.1 Å². The lowest BCUT2D eigenvalue weighted by atomic mass is 9.69. The number of carbonyl (C=O) groups excluding carboxylic acids is 3. The zero-order valence-electron chi connectivity index (χ0n) is 28.5. The molecule has 0 saturated carbocycles. The molecule has 4 heterocycles. The maximum atomic E-state index is 13.2. The molecule has 3 atom stereocenters. The second-order valence-electron chi connectivity index (χ2n) is 14.4. The number of amides is 3. The molecule has 0 spiro atoms. The molecule has 3 aromatic carbocycles. The Morgan fingerprint density at radius 1 is 0.800 bits per heavy atom. The first kappa shape index (κ1) is 32.9. The van der Waals surface area contributed by atoms with Gasteiger partial charge in [-0.3, -0.25) is 19.7 Å². The fourth-order valence-corrected chi connectivity index (χ4v) is 9.96. The van der Waals surface area contributed by atoms with E-state index in [1.54, 1.807) is 16.2 Å². The van der Waals surface area contributed by atoms with E-state index in [4.69, 9.17) is 4.74 Å². The predicted octanol–water partition coefficient (Wildman–Crippen LogP) is 7.41. The number of nitrogens with zero attached hydrogens (tertiary/aromatic N) is 2. The van der Waals surface area contributed by atoms with Crippen molar-refractivity contribution in [2.24, 2.45) is 0 Å². The van der Waals surface area contributed by atoms with Crippen LogP contribution in [0.4, 0.5) is 0 Å². The van der Waals surface area contributed by atoms with Crippen molar-refractivity contribution in [2.45, 2.75) is 81.7 Å². The van der Waals surface area contributed by atoms with Crippen molar-refractivity contribution in [1.82, 2.24) is 15.1 Å². The predicted molar refractivity (Wildman–Crippen MR) is 196 cm³/mol. The molecular formula is C42H45N3O4S. The van der Waals surface area contributed by atoms with E-state index in [9.17, 15) is 14.4 Å². The topological polar surface area (TPSA) is 79.0 Å². The number of nitrogens with one attached hydrogen (secondary N) is 1. The highest BCUT2D eigenvalue weighted by Crippen LogP contribution is 2.46. The molecule has 4 aliphatic rings. The minimum absolute atomic E-state index is 0.0701. The van der Waals surface area contributed by atoms with Gasteiger partial charge in [-0.25, -0.2) is 0 Å². The van der Waals surface area contributed by atoms with Crippen LogP contribution in [-0.2, 0) is 22.6 Å². The van der Waals surface area contributed by atoms with E-state index in [1.165, 1.54) is 27.1 Å². The van der Waals surface area contributed by atoms with E-state index in [0.717, 1.165) is 81.0 Å². The summed E-state index contributed by atoms with van der Waals surface area (Å²) in [7, 11) is 0. The lowest BCUT2D eigenvalue weighted by molar-refractivity contribution is -0.136. The molecule has 0 bridgehead atoms. The zero-order chi connectivity index (χ0) is 34.0. The van der Waals surface area contributed by atoms with E-state index in [1.807, 2.05) is 0 Å². The van der Waals surface area contributed by atoms with Gasteiger partial charge in [0.05, 0.1) is 18.7 Å². The second-order valence-corrected chi connectivity index (χ2v) is 15.5. The number of unbranched alkanes of at least 4 members (excludes halogenated alkanes) is 1. The number of benzene rings is 3. The third-order valence-corrected chi connectivity index (χ3v) is 12.6. The number of ether oxygens (including phenoxy) is 1. The first-order valence-electron chi connectivity index (χ1n) is 18.4. The Morgan fingerprint density at radius 3 is 2.36 bits per heavy atom. The molecule has 4 aromatic rings. The highest BCUT2D eigenvalue weighted by Gasteiger charge is 2.41. The maximum Gasteiger partial charge on any atom is 0.256 e. The normalized spacial score (nSPS) is 22.7. The van der Waals surface area contributed by atoms with Gasteiger partial charge in [0.25, 0.3) is 5.91 Å². The smallest absolute Gasteiger partial charge is 0.256 e. The first-order valence-corrected chi connectivity index (χ1v) is 19.2. The Labute approximate surface area is 298 Å². The summed E-state index contributed by atoms with van der Waals surface area (Å²) in [6, 6.07) is 30.3. The summed E-state index contributed by atoms with van der Waals surface area (Å²) in [6.07, 6.45) is 7.31. The Kier molecular flexibility index (Phi) is 9.56. The SMILES string of the molecule is O=C1CCC(N2Cc3sc(C4CCN(CCCCOc5ccc(C6c7ccccc7CCC6c6ccccc6)cc5)CC4)cc3C2=O)C(=O)N1. The van der Waals surface area contributed by atoms with Gasteiger partial charge in [0, 0.05) is 22.1 Å². The van der Waals surface area contributed by atoms with E-state index in [2.05, 4.69) is 95.1 Å². The molecule has 3 unspecified atom stereocenters. The molecule has 50 heavy (non-hydrogen) atoms. The highest BCUT2D eigenvalue weighted by molar-refractivity contribution is 7.12. The molecule has 8 rings (SSSR count). The van der Waals surface area contributed by atoms with E-state index < -0.39 is 6.04 Å². The van der Waals surface area contributed by atoms with Crippen LogP contribution in [0.2, 0.25) is 0 Å². The Balaban J connectivity index is 0.785. The number of carbonyl (C=O) groups is 3. The summed E-state index contributed by atoms with van der Waals surface area (Å²) in [5.41, 5.74) is 6.46. The average Bonchev–Trinajstić information content (AvgIpc) is 3.71. The Bertz CT molecular complexity index is 1850. The van der Waals surface area contributed by atoms with Crippen LogP contribution in [0.15, 0.2) is 84.9 Å². The number of hydrogen-bond donors (Lipinski definition) is 1. The van der Waals surface area contributed by atoms with Gasteiger partial charge in [-0.1, -0.05) is 66.7 Å². The summed E-state index contributed by atoms with van der Waals surface area (Å²) in [5.74, 6) is 1.56. The van der Waals surface area contributed by atoms with Crippen LogP contribution in [0.3, 0.4) is 0 Å². The van der Waals surface area contributed by atoms with Crippen LogP contribution in [0.5, 0.6) is 5.75 Å². The summed E-state index contributed by atoms with van der Waals surface area (Å²) in [4.78, 5) is 43.6. The number of piperidine rings is 2. The van der Waals surface area contributed by atoms with Crippen LogP contribution in [0, 0.1) is 0 Å². The number of fused-ring (bicyclic) bond motifs is 2. The number of thiophene rings is 1. The summed E-state index contributed by atoms with van der Waals surface area (Å²) >= 11 is 1.73. The summed E-state index contributed by atoms with van der Waals surface area (Å²) in [6.45, 7) is 4.41. The van der Waals surface area contributed by atoms with E-state index in [-0.39, 0.29) is 24.1 Å². The molecule has 1 aliphatic carbocycles. The van der Waals surface area contributed by atoms with Gasteiger partial charge in [0.2, 0.25) is 11.8 Å². The van der Waals surface area contributed by atoms with Crippen molar-refractivity contribution in [1.29, 1.82) is 0 Å². The molecule has 3 amide bonds. The average molecular weight is 688 g/mol. The number of rotatable bonds is 10. The van der Waals surface area contributed by atoms with Crippen molar-refractivity contribution in [3.8, 4) is 5.75 Å². The second kappa shape index (κ2) is 14.5. The molecule has 8 heteroatoms. The standard InChI is InChI=1S/C42H45N3O4S/c46-39-19-18-36(41(47)43-39)45-27-38-35(42(45)48)26-37(50-38)30-20-23-44(24-21-30)22-6-7-25-49-32-15-12-31(13-16-32)40-33-11-5-4-10-29(33)14-17-34(40)28-8-2-1-3-9-28/h1-5,8-13,15-16,26,30,34,36,40H,6-7,14,17-25,27H2,(H,43,46,47). The van der Waals surface area contributed by atoms with Crippen molar-refractivity contribution in [3.63, 3.8) is 0 Å². The number of aryl methyl sites for hydroxylation is 1. The highest BCUT2D eigenvalue weighted by atomic mass is 32.1. The molecule has 0 radical (unpaired) electrons. The van der Waals surface area contributed by atoms with Crippen LogP contribution in [0.25, 0.3) is 0 Å². The molecule has 1 aromatic heterocycles. The number of imide groups is 1. The van der Waals surface area contributed by atoms with Crippen LogP contribution >= 0.6 is 11.3 Å². The minimum atomic E-state index is -0.546. The van der Waals surface area contributed by atoms with Crippen LogP contribution < -0.4 is 10.1 Å². The monoisotopic (exact) mass is 687 g/mol. The first-order chi connectivity index (χ1) is 24.5. The third kappa shape index (κ3) is 6.75. The fraction of sp³-hybridized carbons (Fsp3) is 0.405. The Hall–Kier alpha value is -4.27. The molecule has 2 fully saturated rings. The third-order valence-electron chi connectivity index (χ3n) is 11.3. The van der Waals surface area contributed by atoms with Crippen LogP contribution in [-0.4, -0.2) is 59.8 Å². The molecule has 3 aliphatic heterocycles. The molecular weight excluding hydrogens is 643 g/mol. The van der Waals surface area contributed by atoms with Gasteiger partial charge in [-0.15, -0.1) is 11.3 Å². The van der Waals surface area contributed by atoms with Crippen molar-refractivity contribution in [2.75, 3.05) is 26.2 Å². The quantitative estimate of drug-likeness (QED) is 0.139. The Morgan fingerprint density at radius 2 is 1.58 bits per heavy atom. The number of hydrogen-bond acceptors (Lipinski definition) is 6. The largest absolute Gasteiger partial charge is 0.494 e. The molecule has 7 nitrogen and oxygen atoms in total. The van der Waals surface area contributed by atoms with Gasteiger partial charge in [0.15, 0.2) is 0 Å². The minimum Gasteiger partial charge on any atom is -0.494 e. The number of likely N-dealkylation sites (tertiary alicyclic amines) is 1. The molecule has 258 valence electrons. The lowest BCUT2D eigenvalue weighted by Gasteiger charge is -2.34. The lowest BCUT2D eigenvalue weighted by Crippen LogP contribution is -2.52. The molecule has 1 N–H and O–H groups in total. The summed E-state index contributed by atoms with van der Waals surface area (Å²) < 4.78 is 6.20. The summed E-state index contributed by atoms with van der Waals surface area (Å²) in [5, 5.41) is 2.38. The van der Waals surface area contributed by atoms with Gasteiger partial charge < -0.3 is 14.5 Å². The maximum absolute atomic E-state index is 13.2. The van der Waals surface area contributed by atoms with Crippen molar-refractivity contribution in [3.05, 3.63) is 123 Å². The van der Waals surface area contributed by atoms with Gasteiger partial charge in [-0.05, 0) is 117 Å². The molecule has 2 saturated heterocycles. The van der Waals surface area contributed by atoms with Gasteiger partial charge >= 0.3 is 0 Å². The zero-order valence-corrected chi connectivity index (χ0v) is 29.3.